The summed E-state index contributed by atoms with van der Waals surface area (Å²) < 4.78 is 98.6. The van der Waals surface area contributed by atoms with Crippen LogP contribution in [0, 0.1) is 20.2 Å². The van der Waals surface area contributed by atoms with E-state index in [1.165, 1.54) is 140 Å². The molecule has 39 heteroatoms. The number of nitrogens with one attached hydrogen (secondary N) is 1. The van der Waals surface area contributed by atoms with E-state index in [2.05, 4.69) is 38.6 Å². The van der Waals surface area contributed by atoms with Crippen molar-refractivity contribution < 1.29 is 115 Å². The van der Waals surface area contributed by atoms with Crippen molar-refractivity contribution in [1.29, 1.82) is 0 Å². The highest BCUT2D eigenvalue weighted by Gasteiger charge is 2.27. The first-order chi connectivity index (χ1) is 63.0. The number of unbranched alkanes of at least 4 members (excludes halogenated alkanes) is 30. The summed E-state index contributed by atoms with van der Waals surface area (Å²) in [6.07, 6.45) is 49.1. The SMILES string of the molecule is CCOP(=O)(CCCCCCCCCCCOC(=O)NCCOCCOCCOCCCCCCCCCCCS)Oc1ccc([N+](=O)[O-])cc1.CCOP(=O)(CCCCCCCOC(=O)n1ccnc1)Oc1ccc([N+](=O)[O-])cc1.O=CCCCCCCCO.O=CCCCCCCCOC(=O)n1ccnc1.[NH3+]CCOCCOCCOCCCSSc1ccccn1. The zero-order valence-corrected chi connectivity index (χ0v) is 81.0. The van der Waals surface area contributed by atoms with Crippen LogP contribution < -0.4 is 20.1 Å². The maximum atomic E-state index is 13.1. The summed E-state index contributed by atoms with van der Waals surface area (Å²) >= 11 is 4.25. The summed E-state index contributed by atoms with van der Waals surface area (Å²) in [6, 6.07) is 16.9. The van der Waals surface area contributed by atoms with Gasteiger partial charge in [-0.3, -0.25) is 20.2 Å². The van der Waals surface area contributed by atoms with Gasteiger partial charge >= 0.3 is 33.5 Å². The lowest BCUT2D eigenvalue weighted by atomic mass is 10.1. The molecule has 0 fully saturated rings. The number of imidazole rings is 2. The van der Waals surface area contributed by atoms with E-state index in [1.54, 1.807) is 30.8 Å². The van der Waals surface area contributed by atoms with Gasteiger partial charge in [0.05, 0.1) is 128 Å². The molecule has 5 aromatic rings. The number of amides is 1. The number of non-ortho nitro benzene ring substituents is 2. The summed E-state index contributed by atoms with van der Waals surface area (Å²) in [4.78, 5) is 87.1. The fraction of sp³-hybridized carbons (Fsp3) is 0.689. The van der Waals surface area contributed by atoms with Gasteiger partial charge in [0.15, 0.2) is 0 Å². The van der Waals surface area contributed by atoms with E-state index in [-0.39, 0.29) is 42.6 Å². The van der Waals surface area contributed by atoms with Gasteiger partial charge in [-0.05, 0) is 137 Å². The average Bonchev–Trinajstić information content (AvgIpc) is 1.48. The fourth-order valence-corrected chi connectivity index (χ4v) is 17.3. The van der Waals surface area contributed by atoms with Gasteiger partial charge in [0.25, 0.3) is 11.4 Å². The second kappa shape index (κ2) is 89.0. The molecule has 2 unspecified atom stereocenters. The number of hydrogen-bond donors (Lipinski definition) is 4. The van der Waals surface area contributed by atoms with Gasteiger partial charge in [-0.1, -0.05) is 165 Å². The van der Waals surface area contributed by atoms with Crippen LogP contribution in [-0.4, -0.2) is 226 Å². The molecular weight excluding hydrogens is 1770 g/mol. The summed E-state index contributed by atoms with van der Waals surface area (Å²) in [6.45, 7) is 14.0. The Morgan fingerprint density at radius 1 is 0.465 bits per heavy atom. The van der Waals surface area contributed by atoms with Crippen LogP contribution in [0.1, 0.15) is 245 Å². The van der Waals surface area contributed by atoms with Crippen molar-refractivity contribution in [1.82, 2.24) is 29.4 Å². The highest BCUT2D eigenvalue weighted by Crippen LogP contribution is 2.50. The number of aldehydes is 2. The number of ether oxygens (including phenoxy) is 9. The van der Waals surface area contributed by atoms with E-state index in [0.717, 1.165) is 209 Å². The Morgan fingerprint density at radius 2 is 0.837 bits per heavy atom. The molecule has 5 rings (SSSR count). The third-order valence-electron chi connectivity index (χ3n) is 18.5. The summed E-state index contributed by atoms with van der Waals surface area (Å²) in [5.41, 5.74) is 3.58. The van der Waals surface area contributed by atoms with Crippen molar-refractivity contribution in [2.24, 2.45) is 0 Å². The predicted octanol–water partition coefficient (Wildman–Crippen LogP) is 20.4. The first kappa shape index (κ1) is 120. The van der Waals surface area contributed by atoms with Crippen molar-refractivity contribution in [3.8, 4) is 11.5 Å². The Hall–Kier alpha value is -6.93. The molecule has 34 nitrogen and oxygen atoms in total. The molecule has 3 heterocycles. The third-order valence-corrected chi connectivity index (χ3v) is 25.2. The van der Waals surface area contributed by atoms with E-state index in [4.69, 9.17) is 65.8 Å². The van der Waals surface area contributed by atoms with Gasteiger partial charge in [0.1, 0.15) is 41.8 Å². The molecule has 5 N–H and O–H groups in total. The van der Waals surface area contributed by atoms with Gasteiger partial charge in [-0.15, -0.1) is 0 Å². The quantitative estimate of drug-likeness (QED) is 0.00410. The van der Waals surface area contributed by atoms with Crippen LogP contribution >= 0.6 is 49.4 Å². The number of benzene rings is 2. The lowest BCUT2D eigenvalue weighted by Crippen LogP contribution is -2.52. The molecule has 0 bridgehead atoms. The van der Waals surface area contributed by atoms with Crippen molar-refractivity contribution in [2.45, 2.75) is 250 Å². The zero-order valence-electron chi connectivity index (χ0n) is 76.7. The summed E-state index contributed by atoms with van der Waals surface area (Å²) in [7, 11) is -3.13. The summed E-state index contributed by atoms with van der Waals surface area (Å²) in [5.74, 6) is 2.64. The number of rotatable bonds is 79. The lowest BCUT2D eigenvalue weighted by Gasteiger charge is -2.18. The molecule has 3 aromatic heterocycles. The molecule has 0 aliphatic rings. The second-order valence-corrected chi connectivity index (χ2v) is 36.5. The summed E-state index contributed by atoms with van der Waals surface area (Å²) in [5, 5.41) is 33.7. The molecule has 0 saturated heterocycles. The Bertz CT molecular complexity index is 3530. The number of aliphatic hydroxyl groups is 1. The van der Waals surface area contributed by atoms with Gasteiger partial charge in [0, 0.05) is 100 Å². The number of hydrogen-bond acceptors (Lipinski definition) is 31. The normalized spacial score (nSPS) is 11.8. The van der Waals surface area contributed by atoms with Gasteiger partial charge in [-0.25, -0.2) is 47.6 Å². The van der Waals surface area contributed by atoms with Crippen LogP contribution in [0.5, 0.6) is 11.5 Å². The average molecular weight is 1920 g/mol. The smallest absolute Gasteiger partial charge is 0.419 e. The van der Waals surface area contributed by atoms with Crippen molar-refractivity contribution in [3.05, 3.63) is 131 Å². The molecule has 734 valence electrons. The molecule has 2 aromatic carbocycles. The standard InChI is InChI=1S/C37H67N2O10PS.C19H26N3O7P.C14H24N2O3S2.C12H18N2O3.C8H16O2/c1-2-48-50(43,49-36-23-21-35(22-24-36)39(41)42)33-19-15-11-7-3-6-10-14-18-27-47-37(40)38-25-28-45-30-32-46-31-29-44-26-17-13-9-5-4-8-12-16-20-34-51;1-2-28-30(26,29-18-10-8-17(9-11-18)22(24)25)15-7-5-3-4-6-14-27-19(23)21-13-12-20-16-21;15-5-8-18-10-12-19-11-9-17-7-3-13-20-21-14-4-1-2-6-16-14;15-9-5-3-1-2-4-6-10-17-12(16)14-8-7-13-11-14;9-7-5-3-1-2-4-6-8-10/h21-24,51H,2-20,25-34H2,1H3,(H,38,40);8-13,16H,2-7,14-15H2,1H3;1-2,4,6H,3,5,7-13,15H2;7-9,11H,1-6,10H2;7,10H,1-6,8H2/p+1. The Labute approximate surface area is 779 Å². The molecule has 1 amide bonds. The Morgan fingerprint density at radius 3 is 1.22 bits per heavy atom. The second-order valence-electron chi connectivity index (χ2n) is 29.4. The van der Waals surface area contributed by atoms with Crippen molar-refractivity contribution >= 4 is 91.6 Å². The molecule has 0 spiro atoms. The molecule has 0 aliphatic heterocycles. The van der Waals surface area contributed by atoms with E-state index in [1.807, 2.05) is 35.2 Å². The number of alkyl carbamates (subject to hydrolysis) is 1. The number of quaternary nitrogens is 1. The molecule has 0 aliphatic carbocycles. The maximum Gasteiger partial charge on any atom is 0.419 e. The fourth-order valence-electron chi connectivity index (χ4n) is 11.7. The third kappa shape index (κ3) is 75.2. The van der Waals surface area contributed by atoms with Crippen LogP contribution in [0.3, 0.4) is 0 Å². The zero-order chi connectivity index (χ0) is 93.9. The number of aliphatic hydroxyl groups excluding tert-OH is 1. The first-order valence-corrected chi connectivity index (χ1v) is 52.5. The van der Waals surface area contributed by atoms with E-state index in [9.17, 15) is 53.3 Å². The molecular formula is C90H152N9O25P2S3+. The number of carbonyl (C=O) groups excluding carboxylic acids is 5. The topological polar surface area (TPSA) is 434 Å². The number of nitrogens with zero attached hydrogens (tertiary/aromatic N) is 7. The largest absolute Gasteiger partial charge is 0.450 e. The first-order valence-electron chi connectivity index (χ1n) is 46.1. The van der Waals surface area contributed by atoms with E-state index < -0.39 is 37.2 Å². The van der Waals surface area contributed by atoms with E-state index >= 15 is 0 Å². The number of aromatic nitrogens is 5. The highest BCUT2D eigenvalue weighted by atomic mass is 33.1. The lowest BCUT2D eigenvalue weighted by molar-refractivity contribution is -0.385. The number of thiol groups is 1. The van der Waals surface area contributed by atoms with Crippen LogP contribution in [0.25, 0.3) is 0 Å². The molecule has 2 atom stereocenters. The van der Waals surface area contributed by atoms with Gasteiger partial charge in [0.2, 0.25) is 0 Å². The van der Waals surface area contributed by atoms with Crippen LogP contribution in [-0.2, 0) is 70.4 Å². The number of carbonyl (C=O) groups is 5. The van der Waals surface area contributed by atoms with Crippen LogP contribution in [0.2, 0.25) is 0 Å². The minimum atomic E-state index is -3.33. The molecule has 129 heavy (non-hydrogen) atoms. The minimum absolute atomic E-state index is 0.0508. The minimum Gasteiger partial charge on any atom is -0.450 e. The predicted molar refractivity (Wildman–Crippen MR) is 507 cm³/mol. The number of nitro groups is 2. The monoisotopic (exact) mass is 1920 g/mol. The molecule has 0 saturated carbocycles. The van der Waals surface area contributed by atoms with Crippen molar-refractivity contribution in [3.63, 3.8) is 0 Å². The highest BCUT2D eigenvalue weighted by molar-refractivity contribution is 8.76. The Kier molecular flexibility index (Phi) is 82.8. The van der Waals surface area contributed by atoms with Crippen LogP contribution in [0.15, 0.2) is 115 Å². The molecule has 0 radical (unpaired) electrons. The van der Waals surface area contributed by atoms with Gasteiger partial charge in [-0.2, -0.15) is 12.6 Å². The number of nitro benzene ring substituents is 2. The van der Waals surface area contributed by atoms with Gasteiger partial charge < -0.3 is 86.5 Å². The number of pyridine rings is 1. The van der Waals surface area contributed by atoms with Crippen LogP contribution in [0.4, 0.5) is 25.8 Å². The van der Waals surface area contributed by atoms with E-state index in [0.29, 0.717) is 130 Å². The Balaban J connectivity index is 0.000000896. The maximum absolute atomic E-state index is 13.1. The van der Waals surface area contributed by atoms with Crippen molar-refractivity contribution in [2.75, 3.05) is 156 Å².